The topological polar surface area (TPSA) is 52.6 Å². The van der Waals surface area contributed by atoms with Gasteiger partial charge in [0.05, 0.1) is 0 Å². The summed E-state index contributed by atoms with van der Waals surface area (Å²) in [7, 11) is 1.69. The molecule has 1 aromatic heterocycles. The summed E-state index contributed by atoms with van der Waals surface area (Å²) in [4.78, 5) is 11.1. The summed E-state index contributed by atoms with van der Waals surface area (Å²) >= 11 is 0. The van der Waals surface area contributed by atoms with Crippen molar-refractivity contribution in [2.24, 2.45) is 4.99 Å². The minimum absolute atomic E-state index is 0. The number of halogens is 3. The van der Waals surface area contributed by atoms with Crippen molar-refractivity contribution in [3.63, 3.8) is 0 Å². The Morgan fingerprint density at radius 1 is 1.07 bits per heavy atom. The first-order valence-corrected chi connectivity index (χ1v) is 10.2. The molecule has 2 aromatic rings. The van der Waals surface area contributed by atoms with Gasteiger partial charge in [-0.15, -0.1) is 24.0 Å². The van der Waals surface area contributed by atoms with Gasteiger partial charge in [0, 0.05) is 39.4 Å². The monoisotopic (exact) mass is 529 g/mol. The molecule has 30 heavy (non-hydrogen) atoms. The molecule has 0 atom stereocenters. The molecular formula is C22H30F2IN5. The van der Waals surface area contributed by atoms with Gasteiger partial charge in [0.1, 0.15) is 17.5 Å². The van der Waals surface area contributed by atoms with Crippen LogP contribution in [-0.4, -0.2) is 37.6 Å². The molecule has 0 aliphatic carbocycles. The lowest BCUT2D eigenvalue weighted by atomic mass is 10.1. The van der Waals surface area contributed by atoms with Crippen LogP contribution in [0.4, 0.5) is 14.6 Å². The molecular weight excluding hydrogens is 499 g/mol. The Bertz CT molecular complexity index is 823. The van der Waals surface area contributed by atoms with Gasteiger partial charge in [0.2, 0.25) is 0 Å². The number of hydrogen-bond donors (Lipinski definition) is 2. The summed E-state index contributed by atoms with van der Waals surface area (Å²) in [6.45, 7) is 3.18. The van der Waals surface area contributed by atoms with E-state index >= 15 is 0 Å². The van der Waals surface area contributed by atoms with E-state index in [1.165, 1.54) is 31.7 Å². The fraction of sp³-hybridized carbons (Fsp3) is 0.455. The van der Waals surface area contributed by atoms with E-state index < -0.39 is 11.6 Å². The summed E-state index contributed by atoms with van der Waals surface area (Å²) in [5.41, 5.74) is 1.47. The maximum atomic E-state index is 13.7. The second-order valence-electron chi connectivity index (χ2n) is 7.26. The lowest BCUT2D eigenvalue weighted by Gasteiger charge is -2.22. The van der Waals surface area contributed by atoms with E-state index in [2.05, 4.69) is 31.6 Å². The van der Waals surface area contributed by atoms with Gasteiger partial charge in [-0.3, -0.25) is 4.99 Å². The third-order valence-corrected chi connectivity index (χ3v) is 5.12. The molecule has 0 spiro atoms. The van der Waals surface area contributed by atoms with Crippen LogP contribution in [0.2, 0.25) is 0 Å². The van der Waals surface area contributed by atoms with Crippen LogP contribution in [0.25, 0.3) is 0 Å². The van der Waals surface area contributed by atoms with E-state index in [-0.39, 0.29) is 24.0 Å². The number of aliphatic imine (C=N–C) groups is 1. The molecule has 0 unspecified atom stereocenters. The van der Waals surface area contributed by atoms with Gasteiger partial charge in [0.15, 0.2) is 5.96 Å². The van der Waals surface area contributed by atoms with E-state index in [9.17, 15) is 8.78 Å². The zero-order valence-corrected chi connectivity index (χ0v) is 19.7. The number of guanidine groups is 1. The number of hydrogen-bond acceptors (Lipinski definition) is 3. The van der Waals surface area contributed by atoms with Crippen LogP contribution >= 0.6 is 24.0 Å². The highest BCUT2D eigenvalue weighted by atomic mass is 127. The minimum atomic E-state index is -0.429. The lowest BCUT2D eigenvalue weighted by molar-refractivity contribution is 0.583. The Labute approximate surface area is 194 Å². The number of nitrogens with zero attached hydrogens (tertiary/aromatic N) is 3. The summed E-state index contributed by atoms with van der Waals surface area (Å²) in [6, 6.07) is 7.62. The van der Waals surface area contributed by atoms with Crippen molar-refractivity contribution >= 4 is 35.8 Å². The van der Waals surface area contributed by atoms with Gasteiger partial charge in [-0.1, -0.05) is 12.8 Å². The highest BCUT2D eigenvalue weighted by molar-refractivity contribution is 14.0. The quantitative estimate of drug-likeness (QED) is 0.334. The average Bonchev–Trinajstić information content (AvgIpc) is 3.03. The highest BCUT2D eigenvalue weighted by Gasteiger charge is 2.11. The first-order chi connectivity index (χ1) is 14.2. The Morgan fingerprint density at radius 3 is 2.57 bits per heavy atom. The number of nitrogens with one attached hydrogen (secondary N) is 2. The summed E-state index contributed by atoms with van der Waals surface area (Å²) in [6.07, 6.45) is 7.23. The van der Waals surface area contributed by atoms with Crippen molar-refractivity contribution in [1.29, 1.82) is 0 Å². The second-order valence-corrected chi connectivity index (χ2v) is 7.26. The Kier molecular flexibility index (Phi) is 10.3. The highest BCUT2D eigenvalue weighted by Crippen LogP contribution is 2.18. The van der Waals surface area contributed by atoms with Gasteiger partial charge < -0.3 is 15.5 Å². The third kappa shape index (κ3) is 7.37. The maximum Gasteiger partial charge on any atom is 0.191 e. The smallest absolute Gasteiger partial charge is 0.191 e. The molecule has 0 bridgehead atoms. The van der Waals surface area contributed by atoms with Gasteiger partial charge in [0.25, 0.3) is 0 Å². The predicted octanol–water partition coefficient (Wildman–Crippen LogP) is 4.27. The molecule has 1 aliphatic heterocycles. The molecule has 0 radical (unpaired) electrons. The maximum absolute atomic E-state index is 13.7. The molecule has 164 valence electrons. The molecule has 1 aromatic carbocycles. The third-order valence-electron chi connectivity index (χ3n) is 5.12. The molecule has 5 nitrogen and oxygen atoms in total. The van der Waals surface area contributed by atoms with E-state index in [1.54, 1.807) is 7.05 Å². The van der Waals surface area contributed by atoms with E-state index in [1.807, 2.05) is 12.3 Å². The molecule has 2 N–H and O–H groups in total. The Hall–Kier alpha value is -1.97. The summed E-state index contributed by atoms with van der Waals surface area (Å²) in [5, 5.41) is 6.41. The average molecular weight is 529 g/mol. The lowest BCUT2D eigenvalue weighted by Crippen LogP contribution is -2.38. The first-order valence-electron chi connectivity index (χ1n) is 10.2. The van der Waals surface area contributed by atoms with Crippen molar-refractivity contribution in [2.45, 2.75) is 38.6 Å². The molecule has 1 saturated heterocycles. The van der Waals surface area contributed by atoms with Crippen LogP contribution in [-0.2, 0) is 13.0 Å². The normalized spacial score (nSPS) is 14.6. The minimum Gasteiger partial charge on any atom is -0.357 e. The van der Waals surface area contributed by atoms with Gasteiger partial charge in [-0.2, -0.15) is 0 Å². The Balaban J connectivity index is 0.00000320. The van der Waals surface area contributed by atoms with Crippen LogP contribution < -0.4 is 15.5 Å². The fourth-order valence-corrected chi connectivity index (χ4v) is 3.50. The number of rotatable bonds is 6. The first kappa shape index (κ1) is 24.3. The summed E-state index contributed by atoms with van der Waals surface area (Å²) in [5.74, 6) is 0.821. The zero-order chi connectivity index (χ0) is 20.5. The number of pyridine rings is 1. The molecule has 0 saturated carbocycles. The number of aromatic nitrogens is 1. The van der Waals surface area contributed by atoms with Gasteiger partial charge in [-0.05, 0) is 60.7 Å². The van der Waals surface area contributed by atoms with Crippen LogP contribution in [0.5, 0.6) is 0 Å². The molecule has 2 heterocycles. The van der Waals surface area contributed by atoms with Gasteiger partial charge >= 0.3 is 0 Å². The van der Waals surface area contributed by atoms with Crippen molar-refractivity contribution < 1.29 is 8.78 Å². The van der Waals surface area contributed by atoms with E-state index in [0.29, 0.717) is 31.0 Å². The Morgan fingerprint density at radius 2 is 1.83 bits per heavy atom. The predicted molar refractivity (Wildman–Crippen MR) is 129 cm³/mol. The van der Waals surface area contributed by atoms with Crippen molar-refractivity contribution in [3.05, 3.63) is 59.3 Å². The fourth-order valence-electron chi connectivity index (χ4n) is 3.50. The van der Waals surface area contributed by atoms with Crippen molar-refractivity contribution in [2.75, 3.05) is 31.6 Å². The van der Waals surface area contributed by atoms with E-state index in [4.69, 9.17) is 0 Å². The van der Waals surface area contributed by atoms with Crippen LogP contribution in [0.3, 0.4) is 0 Å². The SMILES string of the molecule is CN=C(NCCc1cc(F)ccc1F)NCc1ccnc(N2CCCCCC2)c1.I. The van der Waals surface area contributed by atoms with E-state index in [0.717, 1.165) is 36.6 Å². The van der Waals surface area contributed by atoms with Crippen molar-refractivity contribution in [1.82, 2.24) is 15.6 Å². The zero-order valence-electron chi connectivity index (χ0n) is 17.3. The summed E-state index contributed by atoms with van der Waals surface area (Å²) < 4.78 is 27.0. The van der Waals surface area contributed by atoms with Crippen molar-refractivity contribution in [3.8, 4) is 0 Å². The van der Waals surface area contributed by atoms with Crippen LogP contribution in [0.1, 0.15) is 36.8 Å². The number of anilines is 1. The molecule has 3 rings (SSSR count). The van der Waals surface area contributed by atoms with Gasteiger partial charge in [-0.25, -0.2) is 13.8 Å². The largest absolute Gasteiger partial charge is 0.357 e. The second kappa shape index (κ2) is 12.7. The molecule has 1 fully saturated rings. The number of benzene rings is 1. The standard InChI is InChI=1S/C22H29F2N5.HI/c1-25-22(27-11-9-18-15-19(23)6-7-20(18)24)28-16-17-8-10-26-21(14-17)29-12-4-2-3-5-13-29;/h6-8,10,14-15H,2-5,9,11-13,16H2,1H3,(H2,25,27,28);1H. The molecule has 0 amide bonds. The molecule has 1 aliphatic rings. The molecule has 8 heteroatoms. The van der Waals surface area contributed by atoms with Crippen LogP contribution in [0, 0.1) is 11.6 Å². The van der Waals surface area contributed by atoms with Crippen LogP contribution in [0.15, 0.2) is 41.5 Å².